The summed E-state index contributed by atoms with van der Waals surface area (Å²) in [5.41, 5.74) is 3.93. The zero-order valence-electron chi connectivity index (χ0n) is 17.2. The summed E-state index contributed by atoms with van der Waals surface area (Å²) < 4.78 is 10.7. The van der Waals surface area contributed by atoms with Crippen molar-refractivity contribution in [1.29, 1.82) is 0 Å². The first-order valence-corrected chi connectivity index (χ1v) is 10.4. The molecule has 3 rings (SSSR count). The number of amides is 1. The third-order valence-electron chi connectivity index (χ3n) is 4.40. The van der Waals surface area contributed by atoms with Crippen molar-refractivity contribution in [2.75, 3.05) is 14.2 Å². The van der Waals surface area contributed by atoms with Gasteiger partial charge in [0.05, 0.1) is 19.9 Å². The molecule has 6 heteroatoms. The van der Waals surface area contributed by atoms with Crippen molar-refractivity contribution in [2.24, 2.45) is 0 Å². The standard InChI is InChI=1S/C24H24N2O3S/c1-4-5-6-7-23(27)25-15-17-8-10-18(11-9-17)24-26-20(16-30-24)19-12-13-21(28-2)22(14-19)29-3/h4-14,16H,15H2,1-3H3,(H,25,27)/b5-4+,7-6+. The van der Waals surface area contributed by atoms with Gasteiger partial charge in [-0.3, -0.25) is 4.79 Å². The minimum absolute atomic E-state index is 0.114. The molecule has 0 saturated heterocycles. The first-order chi connectivity index (χ1) is 14.6. The number of thiazole rings is 1. The molecule has 0 unspecified atom stereocenters. The van der Waals surface area contributed by atoms with E-state index in [2.05, 4.69) is 5.32 Å². The third-order valence-corrected chi connectivity index (χ3v) is 5.29. The minimum atomic E-state index is -0.114. The Balaban J connectivity index is 1.68. The molecule has 0 aliphatic carbocycles. The van der Waals surface area contributed by atoms with Gasteiger partial charge in [0.15, 0.2) is 11.5 Å². The quantitative estimate of drug-likeness (QED) is 0.400. The number of rotatable bonds is 8. The Morgan fingerprint density at radius 2 is 1.77 bits per heavy atom. The van der Waals surface area contributed by atoms with E-state index in [0.717, 1.165) is 27.4 Å². The van der Waals surface area contributed by atoms with Gasteiger partial charge in [0.1, 0.15) is 5.01 Å². The molecule has 1 heterocycles. The highest BCUT2D eigenvalue weighted by atomic mass is 32.1. The van der Waals surface area contributed by atoms with Gasteiger partial charge in [0.25, 0.3) is 0 Å². The highest BCUT2D eigenvalue weighted by molar-refractivity contribution is 7.13. The second-order valence-electron chi connectivity index (χ2n) is 6.41. The van der Waals surface area contributed by atoms with Crippen molar-refractivity contribution < 1.29 is 14.3 Å². The van der Waals surface area contributed by atoms with Gasteiger partial charge in [-0.1, -0.05) is 42.5 Å². The molecule has 3 aromatic rings. The number of aromatic nitrogens is 1. The van der Waals surface area contributed by atoms with E-state index in [9.17, 15) is 4.79 Å². The molecular weight excluding hydrogens is 396 g/mol. The molecule has 2 aromatic carbocycles. The molecule has 154 valence electrons. The van der Waals surface area contributed by atoms with Gasteiger partial charge in [0.2, 0.25) is 5.91 Å². The second-order valence-corrected chi connectivity index (χ2v) is 7.27. The summed E-state index contributed by atoms with van der Waals surface area (Å²) in [6, 6.07) is 13.8. The molecule has 0 saturated carbocycles. The number of nitrogens with one attached hydrogen (secondary N) is 1. The fraction of sp³-hybridized carbons (Fsp3) is 0.167. The number of benzene rings is 2. The highest BCUT2D eigenvalue weighted by Gasteiger charge is 2.10. The molecule has 0 aliphatic heterocycles. The Hall–Kier alpha value is -3.38. The van der Waals surface area contributed by atoms with E-state index in [1.54, 1.807) is 31.6 Å². The number of carbonyl (C=O) groups is 1. The fourth-order valence-electron chi connectivity index (χ4n) is 2.80. The predicted molar refractivity (Wildman–Crippen MR) is 122 cm³/mol. The van der Waals surface area contributed by atoms with Crippen LogP contribution in [0.2, 0.25) is 0 Å². The maximum absolute atomic E-state index is 11.7. The number of ether oxygens (including phenoxy) is 2. The number of carbonyl (C=O) groups excluding carboxylic acids is 1. The first kappa shape index (κ1) is 21.3. The summed E-state index contributed by atoms with van der Waals surface area (Å²) in [5, 5.41) is 5.83. The van der Waals surface area contributed by atoms with Crippen molar-refractivity contribution in [3.8, 4) is 33.3 Å². The van der Waals surface area contributed by atoms with Crippen LogP contribution in [0.4, 0.5) is 0 Å². The number of methoxy groups -OCH3 is 2. The van der Waals surface area contributed by atoms with Crippen LogP contribution in [-0.4, -0.2) is 25.1 Å². The lowest BCUT2D eigenvalue weighted by Gasteiger charge is -2.08. The van der Waals surface area contributed by atoms with Crippen LogP contribution in [-0.2, 0) is 11.3 Å². The molecule has 1 amide bonds. The Bertz CT molecular complexity index is 1050. The highest BCUT2D eigenvalue weighted by Crippen LogP contribution is 2.34. The molecule has 30 heavy (non-hydrogen) atoms. The minimum Gasteiger partial charge on any atom is -0.493 e. The van der Waals surface area contributed by atoms with Gasteiger partial charge >= 0.3 is 0 Å². The maximum atomic E-state index is 11.7. The summed E-state index contributed by atoms with van der Waals surface area (Å²) >= 11 is 1.59. The van der Waals surface area contributed by atoms with Crippen LogP contribution in [0.3, 0.4) is 0 Å². The van der Waals surface area contributed by atoms with Crippen LogP contribution in [0.25, 0.3) is 21.8 Å². The smallest absolute Gasteiger partial charge is 0.244 e. The molecular formula is C24H24N2O3S. The van der Waals surface area contributed by atoms with Crippen LogP contribution in [0.1, 0.15) is 12.5 Å². The summed E-state index contributed by atoms with van der Waals surface area (Å²) in [5.74, 6) is 1.25. The van der Waals surface area contributed by atoms with Crippen molar-refractivity contribution >= 4 is 17.2 Å². The number of allylic oxidation sites excluding steroid dienone is 3. The second kappa shape index (κ2) is 10.4. The van der Waals surface area contributed by atoms with Gasteiger partial charge in [-0.15, -0.1) is 11.3 Å². The first-order valence-electron chi connectivity index (χ1n) is 9.49. The molecule has 0 spiro atoms. The average Bonchev–Trinajstić information content (AvgIpc) is 3.28. The van der Waals surface area contributed by atoms with Crippen LogP contribution in [0.5, 0.6) is 11.5 Å². The number of hydrogen-bond donors (Lipinski definition) is 1. The molecule has 0 aliphatic rings. The lowest BCUT2D eigenvalue weighted by Crippen LogP contribution is -2.20. The molecule has 0 fully saturated rings. The SMILES string of the molecule is C/C=C/C=C/C(=O)NCc1ccc(-c2nc(-c3ccc(OC)c(OC)c3)cs2)cc1. The summed E-state index contributed by atoms with van der Waals surface area (Å²) in [6.07, 6.45) is 6.92. The van der Waals surface area contributed by atoms with Crippen LogP contribution in [0.15, 0.2) is 72.1 Å². The van der Waals surface area contributed by atoms with E-state index >= 15 is 0 Å². The number of hydrogen-bond acceptors (Lipinski definition) is 5. The summed E-state index contributed by atoms with van der Waals surface area (Å²) in [7, 11) is 3.24. The van der Waals surface area contributed by atoms with E-state index in [1.807, 2.05) is 66.9 Å². The van der Waals surface area contributed by atoms with E-state index in [-0.39, 0.29) is 5.91 Å². The number of nitrogens with zero attached hydrogens (tertiary/aromatic N) is 1. The van der Waals surface area contributed by atoms with Gasteiger partial charge < -0.3 is 14.8 Å². The molecule has 0 atom stereocenters. The molecule has 1 N–H and O–H groups in total. The predicted octanol–water partition coefficient (Wildman–Crippen LogP) is 5.24. The Kier molecular flexibility index (Phi) is 7.40. The monoisotopic (exact) mass is 420 g/mol. The summed E-state index contributed by atoms with van der Waals surface area (Å²) in [6.45, 7) is 2.39. The Morgan fingerprint density at radius 1 is 1.03 bits per heavy atom. The molecule has 5 nitrogen and oxygen atoms in total. The topological polar surface area (TPSA) is 60.5 Å². The lowest BCUT2D eigenvalue weighted by molar-refractivity contribution is -0.116. The lowest BCUT2D eigenvalue weighted by atomic mass is 10.1. The van der Waals surface area contributed by atoms with E-state index in [1.165, 1.54) is 6.08 Å². The molecule has 0 bridgehead atoms. The van der Waals surface area contributed by atoms with Gasteiger partial charge in [-0.2, -0.15) is 0 Å². The normalized spacial score (nSPS) is 11.2. The van der Waals surface area contributed by atoms with Gasteiger partial charge in [-0.05, 0) is 30.7 Å². The van der Waals surface area contributed by atoms with E-state index < -0.39 is 0 Å². The zero-order chi connectivity index (χ0) is 21.3. The third kappa shape index (κ3) is 5.36. The van der Waals surface area contributed by atoms with Gasteiger partial charge in [0, 0.05) is 29.1 Å². The largest absolute Gasteiger partial charge is 0.493 e. The van der Waals surface area contributed by atoms with Crippen molar-refractivity contribution in [3.63, 3.8) is 0 Å². The van der Waals surface area contributed by atoms with Crippen LogP contribution < -0.4 is 14.8 Å². The van der Waals surface area contributed by atoms with Crippen LogP contribution >= 0.6 is 11.3 Å². The maximum Gasteiger partial charge on any atom is 0.244 e. The van der Waals surface area contributed by atoms with Crippen molar-refractivity contribution in [2.45, 2.75) is 13.5 Å². The fourth-order valence-corrected chi connectivity index (χ4v) is 3.64. The Labute approximate surface area is 180 Å². The average molecular weight is 421 g/mol. The zero-order valence-corrected chi connectivity index (χ0v) is 18.0. The van der Waals surface area contributed by atoms with Crippen molar-refractivity contribution in [3.05, 3.63) is 77.7 Å². The Morgan fingerprint density at radius 3 is 2.47 bits per heavy atom. The summed E-state index contributed by atoms with van der Waals surface area (Å²) in [4.78, 5) is 16.5. The van der Waals surface area contributed by atoms with Crippen LogP contribution in [0, 0.1) is 0 Å². The van der Waals surface area contributed by atoms with Gasteiger partial charge in [-0.25, -0.2) is 4.98 Å². The van der Waals surface area contributed by atoms with E-state index in [0.29, 0.717) is 18.0 Å². The molecule has 0 radical (unpaired) electrons. The van der Waals surface area contributed by atoms with E-state index in [4.69, 9.17) is 14.5 Å². The van der Waals surface area contributed by atoms with Crippen molar-refractivity contribution in [1.82, 2.24) is 10.3 Å². The molecule has 1 aromatic heterocycles.